The number of nitrogens with zero attached hydrogens (tertiary/aromatic N) is 1. The van der Waals surface area contributed by atoms with Crippen molar-refractivity contribution in [3.05, 3.63) is 0 Å². The van der Waals surface area contributed by atoms with Gasteiger partial charge in [0.2, 0.25) is 5.91 Å². The predicted molar refractivity (Wildman–Crippen MR) is 61.9 cm³/mol. The SMILES string of the molecule is CCC(C)C1NCN(CC2CCOC2)C1=O. The van der Waals surface area contributed by atoms with Crippen LogP contribution in [0, 0.1) is 11.8 Å². The first-order valence-electron chi connectivity index (χ1n) is 6.32. The summed E-state index contributed by atoms with van der Waals surface area (Å²) in [5.74, 6) is 1.25. The Kier molecular flexibility index (Phi) is 3.82. The van der Waals surface area contributed by atoms with E-state index in [1.165, 1.54) is 0 Å². The summed E-state index contributed by atoms with van der Waals surface area (Å²) in [5, 5.41) is 3.32. The molecule has 2 saturated heterocycles. The Bertz CT molecular complexity index is 251. The molecule has 0 aromatic heterocycles. The third-order valence-corrected chi connectivity index (χ3v) is 3.80. The van der Waals surface area contributed by atoms with Crippen LogP contribution in [-0.4, -0.2) is 43.3 Å². The number of amides is 1. The van der Waals surface area contributed by atoms with Gasteiger partial charge < -0.3 is 9.64 Å². The zero-order chi connectivity index (χ0) is 11.5. The molecule has 4 nitrogen and oxygen atoms in total. The van der Waals surface area contributed by atoms with Gasteiger partial charge in [-0.1, -0.05) is 20.3 Å². The summed E-state index contributed by atoms with van der Waals surface area (Å²) in [4.78, 5) is 14.1. The number of rotatable bonds is 4. The molecular weight excluding hydrogens is 204 g/mol. The van der Waals surface area contributed by atoms with Crippen molar-refractivity contribution in [2.45, 2.75) is 32.7 Å². The second-order valence-corrected chi connectivity index (χ2v) is 5.02. The molecule has 2 heterocycles. The molecule has 2 rings (SSSR count). The summed E-state index contributed by atoms with van der Waals surface area (Å²) >= 11 is 0. The fourth-order valence-corrected chi connectivity index (χ4v) is 2.44. The molecule has 16 heavy (non-hydrogen) atoms. The van der Waals surface area contributed by atoms with Gasteiger partial charge in [-0.2, -0.15) is 0 Å². The Hall–Kier alpha value is -0.610. The minimum Gasteiger partial charge on any atom is -0.381 e. The van der Waals surface area contributed by atoms with Gasteiger partial charge >= 0.3 is 0 Å². The standard InChI is InChI=1S/C12H22N2O2/c1-3-9(2)11-12(15)14(8-13-11)6-10-4-5-16-7-10/h9-11,13H,3-8H2,1-2H3. The highest BCUT2D eigenvalue weighted by Crippen LogP contribution is 2.19. The maximum absolute atomic E-state index is 12.1. The van der Waals surface area contributed by atoms with Crippen LogP contribution in [0.2, 0.25) is 0 Å². The monoisotopic (exact) mass is 226 g/mol. The van der Waals surface area contributed by atoms with Gasteiger partial charge in [-0.25, -0.2) is 0 Å². The Balaban J connectivity index is 1.86. The summed E-state index contributed by atoms with van der Waals surface area (Å²) in [6.45, 7) is 7.51. The molecule has 1 amide bonds. The summed E-state index contributed by atoms with van der Waals surface area (Å²) in [5.41, 5.74) is 0. The molecule has 92 valence electrons. The van der Waals surface area contributed by atoms with Crippen LogP contribution in [0.25, 0.3) is 0 Å². The molecule has 2 aliphatic rings. The van der Waals surface area contributed by atoms with Crippen molar-refractivity contribution in [3.8, 4) is 0 Å². The van der Waals surface area contributed by atoms with Crippen LogP contribution >= 0.6 is 0 Å². The fourth-order valence-electron chi connectivity index (χ4n) is 2.44. The molecule has 0 saturated carbocycles. The summed E-state index contributed by atoms with van der Waals surface area (Å²) in [6.07, 6.45) is 2.14. The molecule has 0 aromatic carbocycles. The lowest BCUT2D eigenvalue weighted by molar-refractivity contribution is -0.130. The van der Waals surface area contributed by atoms with Crippen LogP contribution in [-0.2, 0) is 9.53 Å². The first-order valence-corrected chi connectivity index (χ1v) is 6.32. The lowest BCUT2D eigenvalue weighted by atomic mass is 9.99. The summed E-state index contributed by atoms with van der Waals surface area (Å²) < 4.78 is 5.34. The zero-order valence-electron chi connectivity index (χ0n) is 10.2. The van der Waals surface area contributed by atoms with Gasteiger partial charge in [-0.05, 0) is 12.3 Å². The average molecular weight is 226 g/mol. The average Bonchev–Trinajstić information content (AvgIpc) is 2.90. The Labute approximate surface area is 97.3 Å². The van der Waals surface area contributed by atoms with Crippen molar-refractivity contribution in [3.63, 3.8) is 0 Å². The largest absolute Gasteiger partial charge is 0.381 e. The molecule has 0 aromatic rings. The molecule has 0 aliphatic carbocycles. The number of hydrogen-bond acceptors (Lipinski definition) is 3. The van der Waals surface area contributed by atoms with Gasteiger partial charge in [0.1, 0.15) is 0 Å². The Morgan fingerprint density at radius 3 is 3.06 bits per heavy atom. The van der Waals surface area contributed by atoms with Gasteiger partial charge in [0.05, 0.1) is 19.3 Å². The Morgan fingerprint density at radius 1 is 1.62 bits per heavy atom. The van der Waals surface area contributed by atoms with Gasteiger partial charge in [0, 0.05) is 19.1 Å². The van der Waals surface area contributed by atoms with E-state index in [-0.39, 0.29) is 11.9 Å². The van der Waals surface area contributed by atoms with Crippen LogP contribution in [0.4, 0.5) is 0 Å². The van der Waals surface area contributed by atoms with Crippen molar-refractivity contribution in [2.75, 3.05) is 26.4 Å². The minimum atomic E-state index is 0.0346. The van der Waals surface area contributed by atoms with E-state index in [0.717, 1.165) is 32.6 Å². The highest BCUT2D eigenvalue weighted by Gasteiger charge is 2.35. The number of carbonyl (C=O) groups excluding carboxylic acids is 1. The van der Waals surface area contributed by atoms with E-state index in [0.29, 0.717) is 18.5 Å². The topological polar surface area (TPSA) is 41.6 Å². The number of carbonyl (C=O) groups is 1. The van der Waals surface area contributed by atoms with Crippen molar-refractivity contribution < 1.29 is 9.53 Å². The Morgan fingerprint density at radius 2 is 2.44 bits per heavy atom. The fraction of sp³-hybridized carbons (Fsp3) is 0.917. The lowest BCUT2D eigenvalue weighted by Crippen LogP contribution is -2.37. The summed E-state index contributed by atoms with van der Waals surface area (Å²) in [6, 6.07) is 0.0346. The molecule has 3 unspecified atom stereocenters. The minimum absolute atomic E-state index is 0.0346. The van der Waals surface area contributed by atoms with Crippen molar-refractivity contribution in [2.24, 2.45) is 11.8 Å². The third-order valence-electron chi connectivity index (χ3n) is 3.80. The van der Waals surface area contributed by atoms with E-state index >= 15 is 0 Å². The first kappa shape index (κ1) is 11.9. The second-order valence-electron chi connectivity index (χ2n) is 5.02. The van der Waals surface area contributed by atoms with E-state index < -0.39 is 0 Å². The second kappa shape index (κ2) is 5.15. The van der Waals surface area contributed by atoms with Gasteiger partial charge in [-0.3, -0.25) is 10.1 Å². The first-order chi connectivity index (χ1) is 7.72. The molecule has 0 spiro atoms. The van der Waals surface area contributed by atoms with Crippen molar-refractivity contribution in [1.29, 1.82) is 0 Å². The van der Waals surface area contributed by atoms with E-state index in [1.807, 2.05) is 4.90 Å². The highest BCUT2D eigenvalue weighted by molar-refractivity contribution is 5.84. The zero-order valence-corrected chi connectivity index (χ0v) is 10.2. The molecule has 0 radical (unpaired) electrons. The maximum Gasteiger partial charge on any atom is 0.241 e. The van der Waals surface area contributed by atoms with Crippen LogP contribution in [0.5, 0.6) is 0 Å². The number of ether oxygens (including phenoxy) is 1. The number of nitrogens with one attached hydrogen (secondary N) is 1. The quantitative estimate of drug-likeness (QED) is 0.772. The molecule has 3 atom stereocenters. The molecule has 2 aliphatic heterocycles. The van der Waals surface area contributed by atoms with Crippen LogP contribution < -0.4 is 5.32 Å². The number of hydrogen-bond donors (Lipinski definition) is 1. The van der Waals surface area contributed by atoms with Gasteiger partial charge in [0.25, 0.3) is 0 Å². The molecule has 2 fully saturated rings. The van der Waals surface area contributed by atoms with E-state index in [9.17, 15) is 4.79 Å². The van der Waals surface area contributed by atoms with Crippen LogP contribution in [0.3, 0.4) is 0 Å². The maximum atomic E-state index is 12.1. The third kappa shape index (κ3) is 2.38. The van der Waals surface area contributed by atoms with Gasteiger partial charge in [0.15, 0.2) is 0 Å². The molecular formula is C12H22N2O2. The lowest BCUT2D eigenvalue weighted by Gasteiger charge is -2.20. The van der Waals surface area contributed by atoms with Crippen LogP contribution in [0.1, 0.15) is 26.7 Å². The predicted octanol–water partition coefficient (Wildman–Crippen LogP) is 0.827. The van der Waals surface area contributed by atoms with Gasteiger partial charge in [-0.15, -0.1) is 0 Å². The highest BCUT2D eigenvalue weighted by atomic mass is 16.5. The van der Waals surface area contributed by atoms with E-state index in [2.05, 4.69) is 19.2 Å². The van der Waals surface area contributed by atoms with E-state index in [1.54, 1.807) is 0 Å². The molecule has 0 bridgehead atoms. The summed E-state index contributed by atoms with van der Waals surface area (Å²) in [7, 11) is 0. The normalized spacial score (nSPS) is 32.4. The van der Waals surface area contributed by atoms with Crippen LogP contribution in [0.15, 0.2) is 0 Å². The molecule has 1 N–H and O–H groups in total. The van der Waals surface area contributed by atoms with E-state index in [4.69, 9.17) is 4.74 Å². The molecule has 4 heteroatoms. The smallest absolute Gasteiger partial charge is 0.241 e. The van der Waals surface area contributed by atoms with Crippen molar-refractivity contribution in [1.82, 2.24) is 10.2 Å². The van der Waals surface area contributed by atoms with Crippen molar-refractivity contribution >= 4 is 5.91 Å².